The fourth-order valence-corrected chi connectivity index (χ4v) is 1.68. The Morgan fingerprint density at radius 3 is 3.00 bits per heavy atom. The van der Waals surface area contributed by atoms with Gasteiger partial charge < -0.3 is 15.0 Å². The zero-order valence-electron chi connectivity index (χ0n) is 11.6. The van der Waals surface area contributed by atoms with E-state index in [1.54, 1.807) is 18.3 Å². The first kappa shape index (κ1) is 13.8. The number of hydrogen-bond donors (Lipinski definition) is 1. The Morgan fingerprint density at radius 1 is 1.53 bits per heavy atom. The average Bonchev–Trinajstić information content (AvgIpc) is 3.22. The van der Waals surface area contributed by atoms with E-state index in [1.165, 1.54) is 12.8 Å². The summed E-state index contributed by atoms with van der Waals surface area (Å²) >= 11 is 0. The Morgan fingerprint density at radius 2 is 2.32 bits per heavy atom. The van der Waals surface area contributed by atoms with Gasteiger partial charge in [0.1, 0.15) is 5.82 Å². The van der Waals surface area contributed by atoms with Gasteiger partial charge in [-0.3, -0.25) is 4.79 Å². The van der Waals surface area contributed by atoms with Crippen molar-refractivity contribution in [1.29, 1.82) is 0 Å². The second-order valence-corrected chi connectivity index (χ2v) is 5.07. The van der Waals surface area contributed by atoms with Gasteiger partial charge in [0.2, 0.25) is 0 Å². The van der Waals surface area contributed by atoms with Gasteiger partial charge in [-0.1, -0.05) is 0 Å². The highest BCUT2D eigenvalue weighted by Gasteiger charge is 2.20. The van der Waals surface area contributed by atoms with Gasteiger partial charge in [-0.15, -0.1) is 0 Å². The van der Waals surface area contributed by atoms with Crippen molar-refractivity contribution in [2.24, 2.45) is 5.92 Å². The van der Waals surface area contributed by atoms with Gasteiger partial charge in [-0.25, -0.2) is 4.98 Å². The van der Waals surface area contributed by atoms with Crippen molar-refractivity contribution in [3.05, 3.63) is 23.9 Å². The van der Waals surface area contributed by atoms with Crippen LogP contribution in [0.3, 0.4) is 0 Å². The van der Waals surface area contributed by atoms with Gasteiger partial charge in [-0.05, 0) is 30.9 Å². The van der Waals surface area contributed by atoms with Gasteiger partial charge >= 0.3 is 0 Å². The Balaban J connectivity index is 1.73. The van der Waals surface area contributed by atoms with E-state index < -0.39 is 0 Å². The molecule has 2 rings (SSSR count). The summed E-state index contributed by atoms with van der Waals surface area (Å²) in [6.07, 6.45) is 4.22. The molecule has 0 radical (unpaired) electrons. The normalized spacial score (nSPS) is 14.2. The standard InChI is InChI=1S/C14H21N3O2/c1-17(2)13-9-12(5-6-15-13)14(18)16-7-8-19-10-11-3-4-11/h5-6,9,11H,3-4,7-8,10H2,1-2H3,(H,16,18). The first-order chi connectivity index (χ1) is 9.16. The maximum Gasteiger partial charge on any atom is 0.251 e. The minimum absolute atomic E-state index is 0.0829. The predicted octanol–water partition coefficient (Wildman–Crippen LogP) is 1.30. The molecule has 5 nitrogen and oxygen atoms in total. The van der Waals surface area contributed by atoms with E-state index >= 15 is 0 Å². The van der Waals surface area contributed by atoms with Crippen LogP contribution in [0.25, 0.3) is 0 Å². The van der Waals surface area contributed by atoms with Crippen LogP contribution in [0.15, 0.2) is 18.3 Å². The molecule has 1 aromatic heterocycles. The number of pyridine rings is 1. The van der Waals surface area contributed by atoms with E-state index in [0.717, 1.165) is 18.3 Å². The maximum absolute atomic E-state index is 11.9. The molecule has 0 atom stereocenters. The number of carbonyl (C=O) groups is 1. The molecule has 0 bridgehead atoms. The molecule has 0 aromatic carbocycles. The zero-order valence-corrected chi connectivity index (χ0v) is 11.6. The van der Waals surface area contributed by atoms with Crippen LogP contribution >= 0.6 is 0 Å². The fraction of sp³-hybridized carbons (Fsp3) is 0.571. The molecule has 0 spiro atoms. The molecule has 1 saturated carbocycles. The van der Waals surface area contributed by atoms with Crippen LogP contribution in [0.2, 0.25) is 0 Å². The summed E-state index contributed by atoms with van der Waals surface area (Å²) in [5.41, 5.74) is 0.626. The summed E-state index contributed by atoms with van der Waals surface area (Å²) in [5.74, 6) is 1.46. The molecule has 1 amide bonds. The van der Waals surface area contributed by atoms with Crippen molar-refractivity contribution in [2.45, 2.75) is 12.8 Å². The summed E-state index contributed by atoms with van der Waals surface area (Å²) in [5, 5.41) is 2.85. The molecule has 104 valence electrons. The zero-order chi connectivity index (χ0) is 13.7. The largest absolute Gasteiger partial charge is 0.379 e. The molecule has 1 aromatic rings. The molecule has 1 aliphatic rings. The van der Waals surface area contributed by atoms with Crippen molar-refractivity contribution in [3.63, 3.8) is 0 Å². The van der Waals surface area contributed by atoms with E-state index in [1.807, 2.05) is 19.0 Å². The number of amides is 1. The first-order valence-electron chi connectivity index (χ1n) is 6.66. The van der Waals surface area contributed by atoms with Crippen LogP contribution < -0.4 is 10.2 Å². The highest BCUT2D eigenvalue weighted by Crippen LogP contribution is 2.28. The Labute approximate surface area is 114 Å². The number of rotatable bonds is 7. The van der Waals surface area contributed by atoms with Crippen LogP contribution in [0, 0.1) is 5.92 Å². The third kappa shape index (κ3) is 4.52. The van der Waals surface area contributed by atoms with Crippen LogP contribution in [0.5, 0.6) is 0 Å². The summed E-state index contributed by atoms with van der Waals surface area (Å²) in [6, 6.07) is 3.49. The molecule has 1 heterocycles. The molecule has 5 heteroatoms. The second kappa shape index (κ2) is 6.52. The van der Waals surface area contributed by atoms with Gasteiger partial charge in [0, 0.05) is 39.0 Å². The van der Waals surface area contributed by atoms with Crippen molar-refractivity contribution in [3.8, 4) is 0 Å². The Bertz CT molecular complexity index is 430. The quantitative estimate of drug-likeness (QED) is 0.754. The van der Waals surface area contributed by atoms with Crippen molar-refractivity contribution in [1.82, 2.24) is 10.3 Å². The summed E-state index contributed by atoms with van der Waals surface area (Å²) < 4.78 is 5.47. The summed E-state index contributed by atoms with van der Waals surface area (Å²) in [4.78, 5) is 18.0. The third-order valence-corrected chi connectivity index (χ3v) is 3.05. The highest BCUT2D eigenvalue weighted by atomic mass is 16.5. The van der Waals surface area contributed by atoms with Crippen LogP contribution in [0.1, 0.15) is 23.2 Å². The van der Waals surface area contributed by atoms with Crippen molar-refractivity contribution in [2.75, 3.05) is 38.8 Å². The van der Waals surface area contributed by atoms with E-state index in [9.17, 15) is 4.79 Å². The lowest BCUT2D eigenvalue weighted by molar-refractivity contribution is 0.0906. The number of anilines is 1. The van der Waals surface area contributed by atoms with E-state index in [2.05, 4.69) is 10.3 Å². The molecule has 19 heavy (non-hydrogen) atoms. The van der Waals surface area contributed by atoms with E-state index in [-0.39, 0.29) is 5.91 Å². The number of carbonyl (C=O) groups excluding carboxylic acids is 1. The molecular formula is C14H21N3O2. The number of nitrogens with one attached hydrogen (secondary N) is 1. The van der Waals surface area contributed by atoms with Gasteiger partial charge in [0.15, 0.2) is 0 Å². The topological polar surface area (TPSA) is 54.5 Å². The summed E-state index contributed by atoms with van der Waals surface area (Å²) in [6.45, 7) is 1.95. The fourth-order valence-electron chi connectivity index (χ4n) is 1.68. The molecular weight excluding hydrogens is 242 g/mol. The van der Waals surface area contributed by atoms with E-state index in [0.29, 0.717) is 18.7 Å². The van der Waals surface area contributed by atoms with Gasteiger partial charge in [-0.2, -0.15) is 0 Å². The van der Waals surface area contributed by atoms with Crippen LogP contribution in [-0.2, 0) is 4.74 Å². The molecule has 0 aliphatic heterocycles. The lowest BCUT2D eigenvalue weighted by Gasteiger charge is -2.12. The number of hydrogen-bond acceptors (Lipinski definition) is 4. The van der Waals surface area contributed by atoms with Crippen molar-refractivity contribution < 1.29 is 9.53 Å². The highest BCUT2D eigenvalue weighted by molar-refractivity contribution is 5.94. The Hall–Kier alpha value is -1.62. The van der Waals surface area contributed by atoms with Gasteiger partial charge in [0.25, 0.3) is 5.91 Å². The predicted molar refractivity (Wildman–Crippen MR) is 74.4 cm³/mol. The van der Waals surface area contributed by atoms with Gasteiger partial charge in [0.05, 0.1) is 6.61 Å². The summed E-state index contributed by atoms with van der Waals surface area (Å²) in [7, 11) is 3.80. The molecule has 0 unspecified atom stereocenters. The Kier molecular flexibility index (Phi) is 4.74. The first-order valence-corrected chi connectivity index (χ1v) is 6.66. The molecule has 1 N–H and O–H groups in total. The number of ether oxygens (including phenoxy) is 1. The maximum atomic E-state index is 11.9. The third-order valence-electron chi connectivity index (χ3n) is 3.05. The average molecular weight is 263 g/mol. The number of aromatic nitrogens is 1. The SMILES string of the molecule is CN(C)c1cc(C(=O)NCCOCC2CC2)ccn1. The van der Waals surface area contributed by atoms with Crippen LogP contribution in [0.4, 0.5) is 5.82 Å². The number of nitrogens with zero attached hydrogens (tertiary/aromatic N) is 2. The van der Waals surface area contributed by atoms with E-state index in [4.69, 9.17) is 4.74 Å². The second-order valence-electron chi connectivity index (χ2n) is 5.07. The molecule has 1 fully saturated rings. The minimum atomic E-state index is -0.0829. The minimum Gasteiger partial charge on any atom is -0.379 e. The lowest BCUT2D eigenvalue weighted by Crippen LogP contribution is -2.27. The van der Waals surface area contributed by atoms with Crippen molar-refractivity contribution >= 4 is 11.7 Å². The lowest BCUT2D eigenvalue weighted by atomic mass is 10.2. The smallest absolute Gasteiger partial charge is 0.251 e. The molecule has 1 aliphatic carbocycles. The monoisotopic (exact) mass is 263 g/mol. The van der Waals surface area contributed by atoms with Crippen LogP contribution in [-0.4, -0.2) is 44.7 Å². The molecule has 0 saturated heterocycles.